The fourth-order valence-electron chi connectivity index (χ4n) is 4.30. The van der Waals surface area contributed by atoms with Gasteiger partial charge in [-0.25, -0.2) is 28.0 Å². The van der Waals surface area contributed by atoms with E-state index in [9.17, 15) is 27.9 Å². The molecular formula is C22H32N4O8S. The van der Waals surface area contributed by atoms with Gasteiger partial charge in [0, 0.05) is 26.1 Å². The van der Waals surface area contributed by atoms with Gasteiger partial charge in [-0.1, -0.05) is 17.7 Å². The molecule has 3 atom stereocenters. The Morgan fingerprint density at radius 3 is 2.51 bits per heavy atom. The number of aryl methyl sites for hydroxylation is 1. The van der Waals surface area contributed by atoms with Crippen molar-refractivity contribution in [3.63, 3.8) is 0 Å². The number of amides is 1. The molecule has 0 saturated carbocycles. The second-order valence-electron chi connectivity index (χ2n) is 8.72. The third-order valence-electron chi connectivity index (χ3n) is 6.12. The maximum Gasteiger partial charge on any atom is 0.507 e. The molecule has 194 valence electrons. The van der Waals surface area contributed by atoms with Crippen molar-refractivity contribution in [3.8, 4) is 0 Å². The van der Waals surface area contributed by atoms with Crippen molar-refractivity contribution in [2.75, 3.05) is 19.6 Å². The maximum absolute atomic E-state index is 13.0. The molecule has 0 aliphatic carbocycles. The van der Waals surface area contributed by atoms with Gasteiger partial charge in [0.1, 0.15) is 6.04 Å². The van der Waals surface area contributed by atoms with E-state index < -0.39 is 46.4 Å². The minimum absolute atomic E-state index is 0.155. The third kappa shape index (κ3) is 7.13. The first-order chi connectivity index (χ1) is 16.6. The number of unbranched alkanes of at least 4 members (excludes halogenated alkanes) is 1. The van der Waals surface area contributed by atoms with Crippen molar-refractivity contribution >= 4 is 28.1 Å². The lowest BCUT2D eigenvalue weighted by molar-refractivity contribution is -0.202. The quantitative estimate of drug-likeness (QED) is 0.249. The lowest BCUT2D eigenvalue weighted by Gasteiger charge is -2.47. The lowest BCUT2D eigenvalue weighted by atomic mass is 10.0. The zero-order valence-corrected chi connectivity index (χ0v) is 20.4. The Labute approximate surface area is 204 Å². The second kappa shape index (κ2) is 11.8. The molecule has 2 heterocycles. The molecule has 3 rings (SSSR count). The number of ether oxygens (including phenoxy) is 1. The van der Waals surface area contributed by atoms with Gasteiger partial charge in [-0.15, -0.1) is 0 Å². The number of nitrogens with one attached hydrogen (secondary N) is 2. The van der Waals surface area contributed by atoms with Crippen molar-refractivity contribution in [3.05, 3.63) is 29.8 Å². The number of carboxylic acid groups (broad SMARTS) is 2. The minimum atomic E-state index is -3.64. The molecule has 12 nitrogen and oxygen atoms in total. The van der Waals surface area contributed by atoms with Gasteiger partial charge >= 0.3 is 12.1 Å². The standard InChI is InChI=1S/C22H32N4O8S/c1-15-7-9-16(10-8-15)35(32,33)23-12-3-2-5-18(21(28)29)24-17-11-14-25-13-4-6-19(34-22(30)31)26(25)20(17)27/h7-10,17-19,23-24H,2-6,11-14H2,1H3,(H,28,29)(H,30,31). The molecule has 0 radical (unpaired) electrons. The zero-order valence-electron chi connectivity index (χ0n) is 19.6. The van der Waals surface area contributed by atoms with Gasteiger partial charge < -0.3 is 14.9 Å². The Balaban J connectivity index is 1.50. The lowest BCUT2D eigenvalue weighted by Crippen LogP contribution is -2.66. The van der Waals surface area contributed by atoms with Gasteiger partial charge in [0.05, 0.1) is 10.9 Å². The summed E-state index contributed by atoms with van der Waals surface area (Å²) in [6.07, 6.45) is 0.0856. The fraction of sp³-hybridized carbons (Fsp3) is 0.591. The Morgan fingerprint density at radius 2 is 1.86 bits per heavy atom. The van der Waals surface area contributed by atoms with Crippen LogP contribution in [0.25, 0.3) is 0 Å². The number of fused-ring (bicyclic) bond motifs is 1. The number of hydrogen-bond acceptors (Lipinski definition) is 8. The predicted octanol–water partition coefficient (Wildman–Crippen LogP) is 1.12. The molecule has 35 heavy (non-hydrogen) atoms. The van der Waals surface area contributed by atoms with Crippen LogP contribution in [0.5, 0.6) is 0 Å². The number of aliphatic carboxylic acids is 1. The van der Waals surface area contributed by atoms with Crippen LogP contribution in [0.2, 0.25) is 0 Å². The fourth-order valence-corrected chi connectivity index (χ4v) is 5.38. The van der Waals surface area contributed by atoms with Crippen LogP contribution >= 0.6 is 0 Å². The highest BCUT2D eigenvalue weighted by molar-refractivity contribution is 7.89. The molecule has 3 unspecified atom stereocenters. The molecule has 0 spiro atoms. The average Bonchev–Trinajstić information content (AvgIpc) is 2.79. The molecule has 0 bridgehead atoms. The number of carbonyl (C=O) groups is 3. The smallest absolute Gasteiger partial charge is 0.480 e. The number of benzene rings is 1. The molecule has 1 amide bonds. The van der Waals surface area contributed by atoms with Crippen LogP contribution in [0.3, 0.4) is 0 Å². The van der Waals surface area contributed by atoms with Crippen LogP contribution in [-0.4, -0.2) is 84.6 Å². The van der Waals surface area contributed by atoms with Crippen molar-refractivity contribution in [2.45, 2.75) is 68.7 Å². The Hall–Kier alpha value is -2.74. The van der Waals surface area contributed by atoms with Gasteiger partial charge in [-0.3, -0.25) is 14.9 Å². The van der Waals surface area contributed by atoms with Crippen molar-refractivity contribution < 1.29 is 37.8 Å². The van der Waals surface area contributed by atoms with Crippen LogP contribution in [0.4, 0.5) is 4.79 Å². The summed E-state index contributed by atoms with van der Waals surface area (Å²) < 4.78 is 32.1. The van der Waals surface area contributed by atoms with Crippen LogP contribution in [-0.2, 0) is 24.3 Å². The Bertz CT molecular complexity index is 1020. The van der Waals surface area contributed by atoms with E-state index in [4.69, 9.17) is 9.84 Å². The van der Waals surface area contributed by atoms with Crippen molar-refractivity contribution in [1.82, 2.24) is 20.1 Å². The normalized spacial score (nSPS) is 21.9. The largest absolute Gasteiger partial charge is 0.507 e. The summed E-state index contributed by atoms with van der Waals surface area (Å²) >= 11 is 0. The molecule has 13 heteroatoms. The van der Waals surface area contributed by atoms with Gasteiger partial charge in [0.25, 0.3) is 5.91 Å². The molecule has 4 N–H and O–H groups in total. The third-order valence-corrected chi connectivity index (χ3v) is 7.60. The van der Waals surface area contributed by atoms with E-state index in [-0.39, 0.29) is 17.9 Å². The zero-order chi connectivity index (χ0) is 25.6. The molecule has 2 aliphatic rings. The van der Waals surface area contributed by atoms with Crippen molar-refractivity contribution in [1.29, 1.82) is 0 Å². The summed E-state index contributed by atoms with van der Waals surface area (Å²) in [4.78, 5) is 36.0. The SMILES string of the molecule is Cc1ccc(S(=O)(=O)NCCCCC(NC2CCN3CCCC(OC(=O)O)N3C2=O)C(=O)O)cc1. The average molecular weight is 513 g/mol. The molecule has 1 aromatic carbocycles. The summed E-state index contributed by atoms with van der Waals surface area (Å²) in [6, 6.07) is 4.68. The second-order valence-corrected chi connectivity index (χ2v) is 10.5. The number of nitrogens with zero attached hydrogens (tertiary/aromatic N) is 2. The number of carboxylic acids is 1. The first-order valence-corrected chi connectivity index (χ1v) is 13.1. The summed E-state index contributed by atoms with van der Waals surface area (Å²) in [7, 11) is -3.64. The monoisotopic (exact) mass is 512 g/mol. The molecule has 2 saturated heterocycles. The van der Waals surface area contributed by atoms with Crippen LogP contribution in [0, 0.1) is 6.92 Å². The maximum atomic E-state index is 13.0. The van der Waals surface area contributed by atoms with E-state index in [1.807, 2.05) is 6.92 Å². The molecule has 2 fully saturated rings. The Morgan fingerprint density at radius 1 is 1.14 bits per heavy atom. The summed E-state index contributed by atoms with van der Waals surface area (Å²) in [5, 5.41) is 24.5. The van der Waals surface area contributed by atoms with E-state index in [1.165, 1.54) is 17.1 Å². The highest BCUT2D eigenvalue weighted by atomic mass is 32.2. The molecule has 2 aliphatic heterocycles. The minimum Gasteiger partial charge on any atom is -0.480 e. The highest BCUT2D eigenvalue weighted by Gasteiger charge is 2.43. The summed E-state index contributed by atoms with van der Waals surface area (Å²) in [5.41, 5.74) is 0.950. The number of hydrogen-bond donors (Lipinski definition) is 4. The molecule has 0 aromatic heterocycles. The Kier molecular flexibility index (Phi) is 9.05. The van der Waals surface area contributed by atoms with Crippen LogP contribution < -0.4 is 10.0 Å². The van der Waals surface area contributed by atoms with E-state index in [0.717, 1.165) is 5.56 Å². The van der Waals surface area contributed by atoms with Gasteiger partial charge in [-0.05, 0) is 51.2 Å². The molecule has 1 aromatic rings. The highest BCUT2D eigenvalue weighted by Crippen LogP contribution is 2.25. The number of hydrazine groups is 1. The number of sulfonamides is 1. The summed E-state index contributed by atoms with van der Waals surface area (Å²) in [5.74, 6) is -1.53. The van der Waals surface area contributed by atoms with Gasteiger partial charge in [0.2, 0.25) is 10.0 Å². The van der Waals surface area contributed by atoms with Gasteiger partial charge in [-0.2, -0.15) is 0 Å². The van der Waals surface area contributed by atoms with E-state index >= 15 is 0 Å². The van der Waals surface area contributed by atoms with Crippen LogP contribution in [0.1, 0.15) is 44.1 Å². The molecular weight excluding hydrogens is 480 g/mol. The van der Waals surface area contributed by atoms with E-state index in [1.54, 1.807) is 17.1 Å². The predicted molar refractivity (Wildman–Crippen MR) is 124 cm³/mol. The van der Waals surface area contributed by atoms with Crippen LogP contribution in [0.15, 0.2) is 29.2 Å². The summed E-state index contributed by atoms with van der Waals surface area (Å²) in [6.45, 7) is 3.08. The van der Waals surface area contributed by atoms with Crippen molar-refractivity contribution in [2.24, 2.45) is 0 Å². The van der Waals surface area contributed by atoms with Gasteiger partial charge in [0.15, 0.2) is 6.23 Å². The first kappa shape index (κ1) is 26.9. The van der Waals surface area contributed by atoms with E-state index in [0.29, 0.717) is 45.2 Å². The number of carbonyl (C=O) groups excluding carboxylic acids is 1. The first-order valence-electron chi connectivity index (χ1n) is 11.6. The topological polar surface area (TPSA) is 166 Å². The number of rotatable bonds is 11. The van der Waals surface area contributed by atoms with E-state index in [2.05, 4.69) is 10.0 Å².